The number of benzene rings is 1. The van der Waals surface area contributed by atoms with Crippen LogP contribution in [0.1, 0.15) is 25.3 Å². The van der Waals surface area contributed by atoms with Gasteiger partial charge in [0.25, 0.3) is 0 Å². The molecular formula is C17H23NO4. The highest BCUT2D eigenvalue weighted by Gasteiger charge is 2.29. The lowest BCUT2D eigenvalue weighted by Gasteiger charge is -2.28. The maximum absolute atomic E-state index is 12.6. The first-order valence-corrected chi connectivity index (χ1v) is 7.60. The van der Waals surface area contributed by atoms with E-state index in [4.69, 9.17) is 9.47 Å². The minimum Gasteiger partial charge on any atom is -0.467 e. The highest BCUT2D eigenvalue weighted by atomic mass is 16.5. The first-order chi connectivity index (χ1) is 10.6. The van der Waals surface area contributed by atoms with Crippen molar-refractivity contribution in [1.82, 2.24) is 4.90 Å². The molecule has 120 valence electrons. The van der Waals surface area contributed by atoms with Crippen LogP contribution in [0.15, 0.2) is 30.3 Å². The molecule has 0 spiro atoms. The number of methoxy groups -OCH3 is 1. The van der Waals surface area contributed by atoms with Crippen LogP contribution in [-0.2, 0) is 25.6 Å². The summed E-state index contributed by atoms with van der Waals surface area (Å²) in [6.07, 6.45) is 1.31. The molecule has 2 atom stereocenters. The van der Waals surface area contributed by atoms with Crippen molar-refractivity contribution in [2.45, 2.75) is 32.4 Å². The standard InChI is InChI=1S/C17H23NO4/c1-13(17(20)21-2)18(11-14-6-4-3-5-7-14)16(19)10-15-8-9-22-12-15/h3-7,13,15H,8-12H2,1-2H3/t13-,15+/m0/s1. The van der Waals surface area contributed by atoms with Gasteiger partial charge in [-0.05, 0) is 24.8 Å². The summed E-state index contributed by atoms with van der Waals surface area (Å²) in [5, 5.41) is 0. The topological polar surface area (TPSA) is 55.8 Å². The molecule has 0 N–H and O–H groups in total. The number of carbonyl (C=O) groups excluding carboxylic acids is 2. The second kappa shape index (κ2) is 7.94. The average molecular weight is 305 g/mol. The van der Waals surface area contributed by atoms with Crippen molar-refractivity contribution in [1.29, 1.82) is 0 Å². The van der Waals surface area contributed by atoms with Crippen molar-refractivity contribution >= 4 is 11.9 Å². The zero-order valence-corrected chi connectivity index (χ0v) is 13.2. The monoisotopic (exact) mass is 305 g/mol. The van der Waals surface area contributed by atoms with Crippen LogP contribution in [0.3, 0.4) is 0 Å². The van der Waals surface area contributed by atoms with Gasteiger partial charge in [0, 0.05) is 26.2 Å². The van der Waals surface area contributed by atoms with Crippen LogP contribution >= 0.6 is 0 Å². The Morgan fingerprint density at radius 3 is 2.68 bits per heavy atom. The third kappa shape index (κ3) is 4.31. The SMILES string of the molecule is COC(=O)[C@H](C)N(Cc1ccccc1)C(=O)C[C@H]1CCOC1. The largest absolute Gasteiger partial charge is 0.467 e. The summed E-state index contributed by atoms with van der Waals surface area (Å²) in [7, 11) is 1.34. The predicted molar refractivity (Wildman–Crippen MR) is 82.0 cm³/mol. The molecule has 1 amide bonds. The summed E-state index contributed by atoms with van der Waals surface area (Å²) in [5.74, 6) is -0.181. The third-order valence-corrected chi connectivity index (χ3v) is 4.01. The van der Waals surface area contributed by atoms with Gasteiger partial charge in [-0.2, -0.15) is 0 Å². The summed E-state index contributed by atoms with van der Waals surface area (Å²) in [4.78, 5) is 26.1. The zero-order chi connectivity index (χ0) is 15.9. The van der Waals surface area contributed by atoms with Gasteiger partial charge < -0.3 is 14.4 Å². The normalized spacial score (nSPS) is 18.7. The molecular weight excluding hydrogens is 282 g/mol. The molecule has 1 aliphatic rings. The van der Waals surface area contributed by atoms with E-state index in [1.807, 2.05) is 30.3 Å². The average Bonchev–Trinajstić information content (AvgIpc) is 3.05. The molecule has 1 aliphatic heterocycles. The molecule has 2 rings (SSSR count). The smallest absolute Gasteiger partial charge is 0.328 e. The number of esters is 1. The summed E-state index contributed by atoms with van der Waals surface area (Å²) in [6.45, 7) is 3.45. The number of rotatable bonds is 6. The summed E-state index contributed by atoms with van der Waals surface area (Å²) in [6, 6.07) is 9.07. The number of hydrogen-bond donors (Lipinski definition) is 0. The lowest BCUT2D eigenvalue weighted by Crippen LogP contribution is -2.43. The van der Waals surface area contributed by atoms with Gasteiger partial charge >= 0.3 is 5.97 Å². The molecule has 0 radical (unpaired) electrons. The van der Waals surface area contributed by atoms with Gasteiger partial charge in [0.05, 0.1) is 7.11 Å². The lowest BCUT2D eigenvalue weighted by molar-refractivity contribution is -0.153. The van der Waals surface area contributed by atoms with E-state index in [0.717, 1.165) is 12.0 Å². The minimum absolute atomic E-state index is 0.0303. The van der Waals surface area contributed by atoms with Crippen LogP contribution < -0.4 is 0 Å². The molecule has 0 aliphatic carbocycles. The van der Waals surface area contributed by atoms with Crippen molar-refractivity contribution in [2.24, 2.45) is 5.92 Å². The highest BCUT2D eigenvalue weighted by Crippen LogP contribution is 2.20. The molecule has 0 bridgehead atoms. The van der Waals surface area contributed by atoms with Gasteiger partial charge in [-0.1, -0.05) is 30.3 Å². The molecule has 1 saturated heterocycles. The van der Waals surface area contributed by atoms with Crippen molar-refractivity contribution < 1.29 is 19.1 Å². The molecule has 5 nitrogen and oxygen atoms in total. The lowest BCUT2D eigenvalue weighted by atomic mass is 10.0. The fraction of sp³-hybridized carbons (Fsp3) is 0.529. The fourth-order valence-corrected chi connectivity index (χ4v) is 2.63. The van der Waals surface area contributed by atoms with Crippen molar-refractivity contribution in [3.8, 4) is 0 Å². The van der Waals surface area contributed by atoms with Gasteiger partial charge in [0.15, 0.2) is 0 Å². The third-order valence-electron chi connectivity index (χ3n) is 4.01. The minimum atomic E-state index is -0.597. The second-order valence-electron chi connectivity index (χ2n) is 5.64. The van der Waals surface area contributed by atoms with Crippen molar-refractivity contribution in [3.05, 3.63) is 35.9 Å². The molecule has 1 aromatic carbocycles. The molecule has 22 heavy (non-hydrogen) atoms. The molecule has 0 aromatic heterocycles. The van der Waals surface area contributed by atoms with E-state index in [1.165, 1.54) is 7.11 Å². The molecule has 1 aromatic rings. The highest BCUT2D eigenvalue weighted by molar-refractivity contribution is 5.84. The zero-order valence-electron chi connectivity index (χ0n) is 13.2. The maximum Gasteiger partial charge on any atom is 0.328 e. The van der Waals surface area contributed by atoms with E-state index >= 15 is 0 Å². The summed E-state index contributed by atoms with van der Waals surface area (Å²) in [5.41, 5.74) is 0.995. The quantitative estimate of drug-likeness (QED) is 0.754. The Balaban J connectivity index is 2.09. The summed E-state index contributed by atoms with van der Waals surface area (Å²) < 4.78 is 10.1. The Morgan fingerprint density at radius 2 is 2.09 bits per heavy atom. The number of hydrogen-bond acceptors (Lipinski definition) is 4. The number of nitrogens with zero attached hydrogens (tertiary/aromatic N) is 1. The van der Waals surface area contributed by atoms with E-state index in [0.29, 0.717) is 26.2 Å². The van der Waals surface area contributed by atoms with E-state index < -0.39 is 12.0 Å². The Hall–Kier alpha value is -1.88. The Kier molecular flexibility index (Phi) is 5.95. The first kappa shape index (κ1) is 16.5. The number of amides is 1. The van der Waals surface area contributed by atoms with E-state index in [1.54, 1.807) is 11.8 Å². The van der Waals surface area contributed by atoms with E-state index in [-0.39, 0.29) is 11.8 Å². The Morgan fingerprint density at radius 1 is 1.36 bits per heavy atom. The molecule has 1 heterocycles. The van der Waals surface area contributed by atoms with Gasteiger partial charge in [0.2, 0.25) is 5.91 Å². The number of carbonyl (C=O) groups is 2. The van der Waals surface area contributed by atoms with E-state index in [9.17, 15) is 9.59 Å². The van der Waals surface area contributed by atoms with Gasteiger partial charge in [-0.25, -0.2) is 4.79 Å². The number of ether oxygens (including phenoxy) is 2. The first-order valence-electron chi connectivity index (χ1n) is 7.60. The molecule has 5 heteroatoms. The second-order valence-corrected chi connectivity index (χ2v) is 5.64. The molecule has 0 saturated carbocycles. The van der Waals surface area contributed by atoms with Crippen LogP contribution in [0.4, 0.5) is 0 Å². The van der Waals surface area contributed by atoms with Gasteiger partial charge in [-0.15, -0.1) is 0 Å². The molecule has 0 unspecified atom stereocenters. The van der Waals surface area contributed by atoms with Crippen LogP contribution in [-0.4, -0.2) is 43.1 Å². The van der Waals surface area contributed by atoms with Crippen LogP contribution in [0.2, 0.25) is 0 Å². The van der Waals surface area contributed by atoms with Crippen LogP contribution in [0.5, 0.6) is 0 Å². The van der Waals surface area contributed by atoms with Crippen molar-refractivity contribution in [2.75, 3.05) is 20.3 Å². The van der Waals surface area contributed by atoms with Crippen LogP contribution in [0, 0.1) is 5.92 Å². The Labute approximate surface area is 131 Å². The van der Waals surface area contributed by atoms with Gasteiger partial charge in [-0.3, -0.25) is 4.79 Å². The predicted octanol–water partition coefficient (Wildman–Crippen LogP) is 2.00. The summed E-state index contributed by atoms with van der Waals surface area (Å²) >= 11 is 0. The molecule has 1 fully saturated rings. The van der Waals surface area contributed by atoms with Crippen LogP contribution in [0.25, 0.3) is 0 Å². The fourth-order valence-electron chi connectivity index (χ4n) is 2.63. The van der Waals surface area contributed by atoms with E-state index in [2.05, 4.69) is 0 Å². The van der Waals surface area contributed by atoms with Crippen molar-refractivity contribution in [3.63, 3.8) is 0 Å². The maximum atomic E-state index is 12.6. The Bertz CT molecular complexity index is 497. The van der Waals surface area contributed by atoms with Gasteiger partial charge in [0.1, 0.15) is 6.04 Å².